The third-order valence-corrected chi connectivity index (χ3v) is 3.00. The molecular weight excluding hydrogens is 227 g/mol. The molecule has 1 atom stereocenters. The molecule has 2 aliphatic rings. The fourth-order valence-corrected chi connectivity index (χ4v) is 2.30. The van der Waals surface area contributed by atoms with E-state index in [1.807, 2.05) is 0 Å². The van der Waals surface area contributed by atoms with Gasteiger partial charge in [0.2, 0.25) is 5.60 Å². The van der Waals surface area contributed by atoms with E-state index in [9.17, 15) is 19.8 Å². The third kappa shape index (κ3) is 1.95. The minimum absolute atomic E-state index is 0.450. The Bertz CT molecular complexity index is 351. The van der Waals surface area contributed by atoms with Crippen LogP contribution in [0.15, 0.2) is 0 Å². The van der Waals surface area contributed by atoms with Crippen LogP contribution < -0.4 is 5.11 Å². The fraction of sp³-hybridized carbons (Fsp3) is 0.500. The van der Waals surface area contributed by atoms with Crippen LogP contribution in [0.5, 0.6) is 0 Å². The van der Waals surface area contributed by atoms with Gasteiger partial charge in [-0.25, -0.2) is 0 Å². The normalized spacial score (nSPS) is 29.0. The van der Waals surface area contributed by atoms with Crippen LogP contribution in [0.25, 0.3) is 0 Å². The fourth-order valence-electron chi connectivity index (χ4n) is 1.27. The van der Waals surface area contributed by atoms with Gasteiger partial charge in [0.05, 0.1) is 6.42 Å². The van der Waals surface area contributed by atoms with Gasteiger partial charge in [-0.15, -0.1) is 4.89 Å². The summed E-state index contributed by atoms with van der Waals surface area (Å²) in [6.45, 7) is 0. The second kappa shape index (κ2) is 3.46. The summed E-state index contributed by atoms with van der Waals surface area (Å²) in [7, 11) is 0. The molecule has 0 aromatic rings. The maximum atomic E-state index is 11.1. The molecule has 0 aromatic heterocycles. The van der Waals surface area contributed by atoms with Gasteiger partial charge in [-0.3, -0.25) is 4.79 Å². The Hall–Kier alpha value is -1.14. The number of rotatable bonds is 2. The first-order valence-corrected chi connectivity index (χ1v) is 5.40. The molecule has 2 aliphatic heterocycles. The van der Waals surface area contributed by atoms with Gasteiger partial charge in [0.1, 0.15) is 0 Å². The predicted molar refractivity (Wildman–Crippen MR) is 38.2 cm³/mol. The first-order chi connectivity index (χ1) is 6.99. The van der Waals surface area contributed by atoms with Crippen molar-refractivity contribution in [2.45, 2.75) is 18.4 Å². The van der Waals surface area contributed by atoms with E-state index in [1.54, 1.807) is 0 Å². The number of hydrogen-bond donors (Lipinski definition) is 1. The molecule has 2 bridgehead atoms. The van der Waals surface area contributed by atoms with Crippen molar-refractivity contribution in [1.29, 1.82) is 0 Å². The van der Waals surface area contributed by atoms with E-state index >= 15 is 0 Å². The molecule has 9 heteroatoms. The summed E-state index contributed by atoms with van der Waals surface area (Å²) in [6, 6.07) is 0. The van der Waals surface area contributed by atoms with Gasteiger partial charge in [-0.05, 0) is 0 Å². The predicted octanol–water partition coefficient (Wildman–Crippen LogP) is -3.19. The molecule has 8 nitrogen and oxygen atoms in total. The van der Waals surface area contributed by atoms with Crippen molar-refractivity contribution in [3.05, 3.63) is 0 Å². The van der Waals surface area contributed by atoms with Crippen molar-refractivity contribution in [2.75, 3.05) is 0 Å². The monoisotopic (exact) mass is 232 g/mol. The van der Waals surface area contributed by atoms with Crippen LogP contribution in [-0.2, 0) is 25.7 Å². The van der Waals surface area contributed by atoms with Crippen molar-refractivity contribution in [3.8, 4) is 0 Å². The van der Waals surface area contributed by atoms with E-state index in [2.05, 4.69) is 12.6 Å². The van der Waals surface area contributed by atoms with E-state index in [4.69, 9.17) is 3.48 Å². The van der Waals surface area contributed by atoms with Gasteiger partial charge >= 0.3 is 21.1 Å². The highest BCUT2D eigenvalue weighted by atomic mass is 27.3. The summed E-state index contributed by atoms with van der Waals surface area (Å²) >= 11 is -2.74. The third-order valence-electron chi connectivity index (χ3n) is 1.89. The summed E-state index contributed by atoms with van der Waals surface area (Å²) in [5.74, 6) is -2.79. The lowest BCUT2D eigenvalue weighted by atomic mass is 9.96. The Morgan fingerprint density at radius 1 is 1.73 bits per heavy atom. The molecule has 0 spiro atoms. The standard InChI is InChI=1S/C6H8O8.Al/c7-3(8)1-6(12,2-4(9)10)5(11)14-13;/h12-13H,1-2H2,(H,7,8)(H,9,10);/q;+3/p-3. The number of fused-ring (bicyclic) bond motifs is 1. The van der Waals surface area contributed by atoms with Gasteiger partial charge in [-0.1, -0.05) is 3.94 Å². The number of hydrogen-bond acceptors (Lipinski definition) is 7. The maximum Gasteiger partial charge on any atom is 1.39 e. The maximum absolute atomic E-state index is 11.1. The number of aliphatic hydroxyl groups is 1. The van der Waals surface area contributed by atoms with Crippen LogP contribution in [0.3, 0.4) is 0 Å². The second-order valence-electron chi connectivity index (χ2n) is 3.12. The Morgan fingerprint density at radius 3 is 3.13 bits per heavy atom. The van der Waals surface area contributed by atoms with E-state index in [0.29, 0.717) is 0 Å². The first kappa shape index (κ1) is 10.4. The summed E-state index contributed by atoms with van der Waals surface area (Å²) in [5.41, 5.74) is -2.09. The molecule has 0 saturated heterocycles. The van der Waals surface area contributed by atoms with E-state index in [0.717, 1.165) is 0 Å². The quantitative estimate of drug-likeness (QED) is 0.303. The van der Waals surface area contributed by atoms with Crippen LogP contribution >= 0.6 is 0 Å². The van der Waals surface area contributed by atoms with Gasteiger partial charge in [0, 0.05) is 12.4 Å². The lowest BCUT2D eigenvalue weighted by Crippen LogP contribution is -2.46. The molecule has 0 aliphatic carbocycles. The molecular formula is C6H5AlO8. The Kier molecular flexibility index (Phi) is 2.40. The number of carbonyl (C=O) groups excluding carboxylic acids is 3. The zero-order chi connectivity index (χ0) is 11.1. The van der Waals surface area contributed by atoms with Crippen LogP contribution in [0, 0.1) is 0 Å². The molecule has 0 aromatic carbocycles. The van der Waals surface area contributed by atoms with Gasteiger partial charge < -0.3 is 22.3 Å². The van der Waals surface area contributed by atoms with Crippen LogP contribution in [0.4, 0.5) is 0 Å². The molecule has 0 fully saturated rings. The topological polar surface area (TPSA) is 116 Å². The Balaban J connectivity index is 2.27. The Morgan fingerprint density at radius 2 is 2.47 bits per heavy atom. The van der Waals surface area contributed by atoms with E-state index < -0.39 is 51.5 Å². The van der Waals surface area contributed by atoms with Crippen molar-refractivity contribution in [2.24, 2.45) is 0 Å². The smallest absolute Gasteiger partial charge is 0.550 e. The lowest BCUT2D eigenvalue weighted by molar-refractivity contribution is -0.330. The molecule has 0 amide bonds. The van der Waals surface area contributed by atoms with E-state index in [-0.39, 0.29) is 0 Å². The van der Waals surface area contributed by atoms with Gasteiger partial charge in [0.15, 0.2) is 0 Å². The van der Waals surface area contributed by atoms with E-state index in [1.165, 1.54) is 0 Å². The summed E-state index contributed by atoms with van der Waals surface area (Å²) in [5, 5.41) is 20.2. The van der Waals surface area contributed by atoms with Crippen molar-refractivity contribution in [1.82, 2.24) is 0 Å². The summed E-state index contributed by atoms with van der Waals surface area (Å²) in [6.07, 6.45) is -1.40. The summed E-state index contributed by atoms with van der Waals surface area (Å²) in [4.78, 5) is 25.9. The highest BCUT2D eigenvalue weighted by Gasteiger charge is 2.72. The molecule has 1 unspecified atom stereocenters. The molecule has 1 N–H and O–H groups in total. The van der Waals surface area contributed by atoms with Crippen LogP contribution in [-0.4, -0.2) is 43.8 Å². The van der Waals surface area contributed by atoms with Gasteiger partial charge in [0.25, 0.3) is 5.97 Å². The summed E-state index contributed by atoms with van der Waals surface area (Å²) < 4.78 is 13.9. The minimum Gasteiger partial charge on any atom is -0.550 e. The van der Waals surface area contributed by atoms with Crippen LogP contribution in [0.1, 0.15) is 12.8 Å². The largest absolute Gasteiger partial charge is 1.39 e. The second-order valence-corrected chi connectivity index (χ2v) is 4.36. The van der Waals surface area contributed by atoms with Crippen molar-refractivity contribution in [3.63, 3.8) is 0 Å². The first-order valence-electron chi connectivity index (χ1n) is 3.99. The zero-order valence-electron chi connectivity index (χ0n) is 7.30. The minimum atomic E-state index is -2.74. The molecule has 2 heterocycles. The zero-order valence-corrected chi connectivity index (χ0v) is 8.45. The highest BCUT2D eigenvalue weighted by molar-refractivity contribution is 6.38. The number of carboxylic acids is 1. The lowest BCUT2D eigenvalue weighted by Gasteiger charge is -2.19. The molecule has 0 saturated carbocycles. The SMILES string of the molecule is O=C([O-])CC1(O)CC(=O)[O][Al]2[O]OC1=[O+]2. The molecule has 0 radical (unpaired) electrons. The average Bonchev–Trinajstić information content (AvgIpc) is 2.45. The van der Waals surface area contributed by atoms with Crippen molar-refractivity contribution >= 4 is 33.1 Å². The molecule has 2 rings (SSSR count). The van der Waals surface area contributed by atoms with Crippen molar-refractivity contribution < 1.29 is 35.9 Å². The number of carbonyl (C=O) groups is 2. The van der Waals surface area contributed by atoms with Crippen LogP contribution in [0.2, 0.25) is 0 Å². The highest BCUT2D eigenvalue weighted by Crippen LogP contribution is 2.24. The number of carboxylic acid groups (broad SMARTS) is 1. The Labute approximate surface area is 88.0 Å². The molecule has 80 valence electrons. The average molecular weight is 232 g/mol. The van der Waals surface area contributed by atoms with Gasteiger partial charge in [-0.2, -0.15) is 0 Å². The number of aliphatic carboxylic acids is 1. The molecule has 15 heavy (non-hydrogen) atoms.